The minimum absolute atomic E-state index is 0.00220. The fourth-order valence-corrected chi connectivity index (χ4v) is 3.96. The van der Waals surface area contributed by atoms with Gasteiger partial charge in [0, 0.05) is 50.2 Å². The standard InChI is InChI=1S/C22H31N5O7.C8H11N3O.C4H8/c1-22(2)13-25-19(31)10-24-21(33)15(9-14-5-4-8-34-14)26-20(32)11-23-17(29)6-3-7-18(30)27-16(22)12-28;1-2-3-11-8(12)7-6-9-4-5-10-7;1-3-4-2/h4-5,8,12,15-16H,3,6-7,9-11,13H2,1-2H3,(H,23,29)(H,24,33)(H,25,31)(H,26,32)(H,27,30);4-6H,2-3H2,1H3,(H,11,12);3H,1,4H2,2H3/t15-,16+;;/m0../s1. The van der Waals surface area contributed by atoms with Gasteiger partial charge in [-0.2, -0.15) is 0 Å². The summed E-state index contributed by atoms with van der Waals surface area (Å²) in [6, 6.07) is 1.37. The highest BCUT2D eigenvalue weighted by Gasteiger charge is 2.31. The Labute approximate surface area is 292 Å². The topological polar surface area (TPSA) is 231 Å². The molecule has 2 aromatic heterocycles. The maximum Gasteiger partial charge on any atom is 0.271 e. The second kappa shape index (κ2) is 23.8. The normalized spacial score (nSPS) is 18.8. The van der Waals surface area contributed by atoms with Gasteiger partial charge in [-0.3, -0.25) is 33.8 Å². The maximum absolute atomic E-state index is 12.7. The van der Waals surface area contributed by atoms with E-state index in [-0.39, 0.29) is 51.2 Å². The number of aromatic nitrogens is 2. The molecule has 1 fully saturated rings. The third kappa shape index (κ3) is 17.7. The summed E-state index contributed by atoms with van der Waals surface area (Å²) in [5, 5.41) is 15.4. The molecule has 2 aromatic rings. The van der Waals surface area contributed by atoms with Crippen LogP contribution in [0.3, 0.4) is 0 Å². The van der Waals surface area contributed by atoms with E-state index in [1.54, 1.807) is 26.0 Å². The lowest BCUT2D eigenvalue weighted by atomic mass is 9.84. The lowest BCUT2D eigenvalue weighted by Crippen LogP contribution is -2.53. The number of nitrogens with one attached hydrogen (secondary N) is 6. The number of allylic oxidation sites excluding steroid dienone is 1. The first-order chi connectivity index (χ1) is 23.9. The van der Waals surface area contributed by atoms with Crippen molar-refractivity contribution in [2.24, 2.45) is 5.41 Å². The van der Waals surface area contributed by atoms with E-state index in [1.807, 2.05) is 13.0 Å². The highest BCUT2D eigenvalue weighted by molar-refractivity contribution is 5.92. The van der Waals surface area contributed by atoms with E-state index >= 15 is 0 Å². The Morgan fingerprint density at radius 3 is 2.30 bits per heavy atom. The smallest absolute Gasteiger partial charge is 0.271 e. The molecular formula is C34H50N8O8. The molecule has 16 heteroatoms. The highest BCUT2D eigenvalue weighted by Crippen LogP contribution is 2.18. The SMILES string of the molecule is C=CCC.CC1(C)CNC(=O)CNC(=O)[C@H](Cc2ccco2)NC(=O)CNC(=O)CCCC(=O)N[C@@H]1C=O.CCCNC(=O)c1cnccn1. The van der Waals surface area contributed by atoms with Crippen molar-refractivity contribution in [1.29, 1.82) is 0 Å². The Bertz CT molecular complexity index is 1380. The highest BCUT2D eigenvalue weighted by atomic mass is 16.3. The summed E-state index contributed by atoms with van der Waals surface area (Å²) in [6.07, 6.45) is 10.7. The molecule has 0 unspecified atom stereocenters. The van der Waals surface area contributed by atoms with Crippen molar-refractivity contribution < 1.29 is 38.0 Å². The Hall–Kier alpha value is -5.41. The first-order valence-electron chi connectivity index (χ1n) is 16.4. The minimum atomic E-state index is -1.04. The van der Waals surface area contributed by atoms with Crippen LogP contribution < -0.4 is 31.9 Å². The molecule has 1 aliphatic rings. The number of hydrogen-bond acceptors (Lipinski definition) is 10. The number of carbonyl (C=O) groups is 7. The molecule has 274 valence electrons. The summed E-state index contributed by atoms with van der Waals surface area (Å²) < 4.78 is 5.25. The molecule has 0 aliphatic carbocycles. The summed E-state index contributed by atoms with van der Waals surface area (Å²) in [6.45, 7) is 10.9. The quantitative estimate of drug-likeness (QED) is 0.176. The zero-order valence-electron chi connectivity index (χ0n) is 29.2. The molecule has 16 nitrogen and oxygen atoms in total. The molecule has 0 aromatic carbocycles. The molecule has 3 heterocycles. The van der Waals surface area contributed by atoms with Crippen LogP contribution >= 0.6 is 0 Å². The van der Waals surface area contributed by atoms with Crippen molar-refractivity contribution in [3.8, 4) is 0 Å². The van der Waals surface area contributed by atoms with Gasteiger partial charge in [-0.05, 0) is 31.4 Å². The lowest BCUT2D eigenvalue weighted by Gasteiger charge is -2.31. The molecule has 3 rings (SSSR count). The van der Waals surface area contributed by atoms with Crippen LogP contribution in [0.5, 0.6) is 0 Å². The molecule has 50 heavy (non-hydrogen) atoms. The second-order valence-corrected chi connectivity index (χ2v) is 11.7. The van der Waals surface area contributed by atoms with Gasteiger partial charge in [0.1, 0.15) is 23.8 Å². The van der Waals surface area contributed by atoms with Gasteiger partial charge in [-0.1, -0.05) is 33.8 Å². The molecule has 0 radical (unpaired) electrons. The Balaban J connectivity index is 0.000000642. The van der Waals surface area contributed by atoms with E-state index in [9.17, 15) is 33.6 Å². The fraction of sp³-hybridized carbons (Fsp3) is 0.500. The molecule has 2 atom stereocenters. The summed E-state index contributed by atoms with van der Waals surface area (Å²) in [5.74, 6) is -2.28. The van der Waals surface area contributed by atoms with Crippen LogP contribution in [0.25, 0.3) is 0 Å². The zero-order valence-corrected chi connectivity index (χ0v) is 29.2. The van der Waals surface area contributed by atoms with E-state index in [2.05, 4.69) is 55.4 Å². The van der Waals surface area contributed by atoms with Crippen LogP contribution in [-0.2, 0) is 35.2 Å². The van der Waals surface area contributed by atoms with E-state index in [1.165, 1.54) is 24.9 Å². The van der Waals surface area contributed by atoms with Crippen molar-refractivity contribution in [3.63, 3.8) is 0 Å². The summed E-state index contributed by atoms with van der Waals surface area (Å²) in [5.41, 5.74) is -0.446. The van der Waals surface area contributed by atoms with Crippen molar-refractivity contribution >= 4 is 41.7 Å². The van der Waals surface area contributed by atoms with Crippen molar-refractivity contribution in [1.82, 2.24) is 41.9 Å². The molecule has 1 aliphatic heterocycles. The Kier molecular flexibility index (Phi) is 20.3. The van der Waals surface area contributed by atoms with Crippen molar-refractivity contribution in [3.05, 3.63) is 61.1 Å². The molecule has 6 amide bonds. The van der Waals surface area contributed by atoms with Crippen LogP contribution in [0.15, 0.2) is 54.1 Å². The predicted molar refractivity (Wildman–Crippen MR) is 184 cm³/mol. The Morgan fingerprint density at radius 1 is 1.00 bits per heavy atom. The monoisotopic (exact) mass is 698 g/mol. The second-order valence-electron chi connectivity index (χ2n) is 11.7. The van der Waals surface area contributed by atoms with Gasteiger partial charge in [-0.15, -0.1) is 6.58 Å². The van der Waals surface area contributed by atoms with E-state index in [4.69, 9.17) is 4.42 Å². The summed E-state index contributed by atoms with van der Waals surface area (Å²) in [7, 11) is 0. The molecule has 0 saturated carbocycles. The summed E-state index contributed by atoms with van der Waals surface area (Å²) in [4.78, 5) is 91.9. The molecule has 0 spiro atoms. The van der Waals surface area contributed by atoms with E-state index in [0.29, 0.717) is 24.3 Å². The van der Waals surface area contributed by atoms with Gasteiger partial charge in [-0.25, -0.2) is 4.98 Å². The molecular weight excluding hydrogens is 648 g/mol. The zero-order chi connectivity index (χ0) is 37.4. The van der Waals surface area contributed by atoms with Crippen LogP contribution in [0.4, 0.5) is 0 Å². The number of nitrogens with zero attached hydrogens (tertiary/aromatic N) is 2. The molecule has 1 saturated heterocycles. The third-order valence-corrected chi connectivity index (χ3v) is 6.97. The van der Waals surface area contributed by atoms with Crippen LogP contribution in [-0.4, -0.2) is 90.0 Å². The fourth-order valence-electron chi connectivity index (χ4n) is 3.96. The largest absolute Gasteiger partial charge is 0.469 e. The first kappa shape index (κ1) is 42.6. The number of aldehydes is 1. The van der Waals surface area contributed by atoms with Crippen LogP contribution in [0.1, 0.15) is 76.0 Å². The Morgan fingerprint density at radius 2 is 1.70 bits per heavy atom. The van der Waals surface area contributed by atoms with E-state index in [0.717, 1.165) is 12.8 Å². The number of furan rings is 1. The third-order valence-electron chi connectivity index (χ3n) is 6.97. The number of carbonyl (C=O) groups excluding carboxylic acids is 7. The van der Waals surface area contributed by atoms with Crippen molar-refractivity contribution in [2.75, 3.05) is 26.2 Å². The van der Waals surface area contributed by atoms with Crippen molar-refractivity contribution in [2.45, 2.75) is 78.3 Å². The van der Waals surface area contributed by atoms with Gasteiger partial charge in [0.2, 0.25) is 29.5 Å². The number of rotatable bonds is 7. The van der Waals surface area contributed by atoms with E-state index < -0.39 is 47.0 Å². The number of hydrogen-bond donors (Lipinski definition) is 6. The summed E-state index contributed by atoms with van der Waals surface area (Å²) >= 11 is 0. The van der Waals surface area contributed by atoms with Crippen LogP contribution in [0, 0.1) is 5.41 Å². The molecule has 0 bridgehead atoms. The van der Waals surface area contributed by atoms with Gasteiger partial charge in [0.05, 0.1) is 31.6 Å². The van der Waals surface area contributed by atoms with Crippen LogP contribution in [0.2, 0.25) is 0 Å². The molecule has 6 N–H and O–H groups in total. The maximum atomic E-state index is 12.7. The lowest BCUT2D eigenvalue weighted by molar-refractivity contribution is -0.131. The van der Waals surface area contributed by atoms with Gasteiger partial charge in [0.25, 0.3) is 5.91 Å². The number of amides is 6. The minimum Gasteiger partial charge on any atom is -0.469 e. The average molecular weight is 699 g/mol. The first-order valence-corrected chi connectivity index (χ1v) is 16.4. The van der Waals surface area contributed by atoms with Gasteiger partial charge >= 0.3 is 0 Å². The average Bonchev–Trinajstić information content (AvgIpc) is 3.63. The van der Waals surface area contributed by atoms with Gasteiger partial charge < -0.3 is 41.1 Å². The van der Waals surface area contributed by atoms with Gasteiger partial charge in [0.15, 0.2) is 0 Å². The predicted octanol–water partition coefficient (Wildman–Crippen LogP) is 0.748.